The molecule has 0 aliphatic rings. The first-order chi connectivity index (χ1) is 3.46. The molecule has 0 aliphatic heterocycles. The second-order valence-corrected chi connectivity index (χ2v) is 4.50. The van der Waals surface area contributed by atoms with Crippen molar-refractivity contribution >= 4 is 82.0 Å². The van der Waals surface area contributed by atoms with E-state index in [0.717, 1.165) is 0 Å². The van der Waals surface area contributed by atoms with Crippen LogP contribution in [0, 0.1) is 0 Å². The number of thiocarbonyl (C=S) groups is 2. The van der Waals surface area contributed by atoms with E-state index in [-0.39, 0.29) is 28.1 Å². The van der Waals surface area contributed by atoms with Crippen LogP contribution in [-0.4, -0.2) is 7.06 Å². The molecular formula is C2MoS6. The molecule has 0 saturated carbocycles. The van der Waals surface area contributed by atoms with E-state index in [9.17, 15) is 0 Å². The Morgan fingerprint density at radius 2 is 0.778 bits per heavy atom. The van der Waals surface area contributed by atoms with Gasteiger partial charge in [-0.3, -0.25) is 7.06 Å². The summed E-state index contributed by atoms with van der Waals surface area (Å²) >= 11 is 25.0. The quantitative estimate of drug-likeness (QED) is 0.365. The SMILES string of the molecule is S=C([S-])[S-].S=C([S-])[S-].[Mo+4]. The third kappa shape index (κ3) is 191. The molecule has 50 valence electrons. The van der Waals surface area contributed by atoms with E-state index < -0.39 is 0 Å². The third-order valence-electron chi connectivity index (χ3n) is 0. The molecule has 0 aliphatic carbocycles. The van der Waals surface area contributed by atoms with Gasteiger partial charge in [0.2, 0.25) is 0 Å². The normalized spacial score (nSPS) is 5.33. The number of hydrogen-bond donors (Lipinski definition) is 0. The standard InChI is InChI=1S/2CH2S3.Mo/c2*2-1(3)4;/h2*(H2,2,3,4);/q;;+4/p-4. The first-order valence-electron chi connectivity index (χ1n) is 1.22. The maximum absolute atomic E-state index is 4.17. The summed E-state index contributed by atoms with van der Waals surface area (Å²) in [6, 6.07) is 0. The van der Waals surface area contributed by atoms with Crippen molar-refractivity contribution in [2.24, 2.45) is 0 Å². The summed E-state index contributed by atoms with van der Waals surface area (Å²) in [5, 5.41) is 0. The number of rotatable bonds is 0. The van der Waals surface area contributed by atoms with Gasteiger partial charge in [-0.2, -0.15) is 0 Å². The van der Waals surface area contributed by atoms with Gasteiger partial charge in [-0.15, -0.1) is 0 Å². The average Bonchev–Trinajstić information content (AvgIpc) is 1.25. The van der Waals surface area contributed by atoms with Crippen molar-refractivity contribution in [2.45, 2.75) is 0 Å². The van der Waals surface area contributed by atoms with E-state index in [4.69, 9.17) is 0 Å². The van der Waals surface area contributed by atoms with Crippen molar-refractivity contribution in [3.63, 3.8) is 0 Å². The zero-order valence-electron chi connectivity index (χ0n) is 3.86. The van der Waals surface area contributed by atoms with Gasteiger partial charge < -0.3 is 75.0 Å². The fraction of sp³-hybridized carbons (Fsp3) is 0. The van der Waals surface area contributed by atoms with Gasteiger partial charge in [0.25, 0.3) is 0 Å². The molecule has 0 aromatic rings. The molecule has 0 N–H and O–H groups in total. The Hall–Kier alpha value is 1.75. The van der Waals surface area contributed by atoms with Gasteiger partial charge in [0.1, 0.15) is 0 Å². The fourth-order valence-electron chi connectivity index (χ4n) is 0. The molecule has 0 unspecified atom stereocenters. The molecule has 7 heteroatoms. The molecule has 0 rings (SSSR count). The van der Waals surface area contributed by atoms with Crippen LogP contribution in [0.1, 0.15) is 0 Å². The Morgan fingerprint density at radius 3 is 0.778 bits per heavy atom. The van der Waals surface area contributed by atoms with E-state index in [1.807, 2.05) is 0 Å². The summed E-state index contributed by atoms with van der Waals surface area (Å²) in [7, 11) is 0. The first-order valence-corrected chi connectivity index (χ1v) is 3.67. The summed E-state index contributed by atoms with van der Waals surface area (Å²) in [6.07, 6.45) is 0. The van der Waals surface area contributed by atoms with Crippen molar-refractivity contribution in [3.05, 3.63) is 0 Å². The van der Waals surface area contributed by atoms with Crippen LogP contribution in [0.5, 0.6) is 0 Å². The van der Waals surface area contributed by atoms with E-state index in [1.54, 1.807) is 0 Å². The summed E-state index contributed by atoms with van der Waals surface area (Å²) in [4.78, 5) is 0. The van der Waals surface area contributed by atoms with Gasteiger partial charge in [0, 0.05) is 0 Å². The van der Waals surface area contributed by atoms with Crippen molar-refractivity contribution in [1.82, 2.24) is 0 Å². The molecule has 0 atom stereocenters. The maximum atomic E-state index is 4.17. The maximum Gasteiger partial charge on any atom is 4.00 e. The average molecular weight is 312 g/mol. The molecule has 0 saturated heterocycles. The molecule has 9 heavy (non-hydrogen) atoms. The van der Waals surface area contributed by atoms with Crippen molar-refractivity contribution in [1.29, 1.82) is 0 Å². The molecule has 0 spiro atoms. The van der Waals surface area contributed by atoms with E-state index in [1.165, 1.54) is 0 Å². The summed E-state index contributed by atoms with van der Waals surface area (Å²) < 4.78 is 0.333. The molecule has 0 nitrogen and oxygen atoms in total. The number of hydrogen-bond acceptors (Lipinski definition) is 6. The monoisotopic (exact) mass is 314 g/mol. The zero-order valence-corrected chi connectivity index (χ0v) is 10.8. The Labute approximate surface area is 102 Å². The van der Waals surface area contributed by atoms with Crippen LogP contribution in [-0.2, 0) is 71.6 Å². The van der Waals surface area contributed by atoms with E-state index in [2.05, 4.69) is 75.0 Å². The minimum absolute atomic E-state index is 0. The Balaban J connectivity index is -0.0000000720. The zero-order chi connectivity index (χ0) is 7.15. The Bertz CT molecular complexity index is 69.1. The molecule has 0 aromatic carbocycles. The van der Waals surface area contributed by atoms with Gasteiger partial charge in [-0.1, -0.05) is 0 Å². The second-order valence-electron chi connectivity index (χ2n) is 0.500. The molecule has 0 amide bonds. The third-order valence-corrected chi connectivity index (χ3v) is 0. The van der Waals surface area contributed by atoms with Gasteiger partial charge in [-0.05, 0) is 0 Å². The van der Waals surface area contributed by atoms with Crippen LogP contribution in [0.15, 0.2) is 0 Å². The van der Waals surface area contributed by atoms with Crippen LogP contribution < -0.4 is 0 Å². The van der Waals surface area contributed by atoms with Gasteiger partial charge in [-0.25, -0.2) is 0 Å². The predicted octanol–water partition coefficient (Wildman–Crippen LogP) is 0.728. The second kappa shape index (κ2) is 12.4. The molecular weight excluding hydrogens is 312 g/mol. The van der Waals surface area contributed by atoms with Crippen molar-refractivity contribution < 1.29 is 21.1 Å². The molecule has 0 radical (unpaired) electrons. The van der Waals surface area contributed by atoms with Crippen LogP contribution >= 0.6 is 24.4 Å². The van der Waals surface area contributed by atoms with Crippen molar-refractivity contribution in [2.75, 3.05) is 0 Å². The van der Waals surface area contributed by atoms with Crippen molar-refractivity contribution in [3.8, 4) is 0 Å². The molecule has 0 bridgehead atoms. The Kier molecular flexibility index (Phi) is 23.5. The van der Waals surface area contributed by atoms with Crippen LogP contribution in [0.2, 0.25) is 0 Å². The van der Waals surface area contributed by atoms with Gasteiger partial charge in [0.15, 0.2) is 0 Å². The summed E-state index contributed by atoms with van der Waals surface area (Å²) in [5.74, 6) is 0. The largest absolute Gasteiger partial charge is 4.00 e. The van der Waals surface area contributed by atoms with Crippen LogP contribution in [0.4, 0.5) is 0 Å². The van der Waals surface area contributed by atoms with Crippen LogP contribution in [0.3, 0.4) is 0 Å². The summed E-state index contributed by atoms with van der Waals surface area (Å²) in [6.45, 7) is 0. The summed E-state index contributed by atoms with van der Waals surface area (Å²) in [5.41, 5.74) is 0. The van der Waals surface area contributed by atoms with E-state index >= 15 is 0 Å². The minimum atomic E-state index is 0. The Morgan fingerprint density at radius 1 is 0.778 bits per heavy atom. The minimum Gasteiger partial charge on any atom is -0.570 e. The molecule has 0 heterocycles. The first kappa shape index (κ1) is 17.0. The molecule has 0 aromatic heterocycles. The topological polar surface area (TPSA) is 0 Å². The molecule has 0 fully saturated rings. The smallest absolute Gasteiger partial charge is 0.570 e. The predicted molar refractivity (Wildman–Crippen MR) is 54.7 cm³/mol. The van der Waals surface area contributed by atoms with E-state index in [0.29, 0.717) is 0 Å². The van der Waals surface area contributed by atoms with Crippen LogP contribution in [0.25, 0.3) is 0 Å². The fourth-order valence-corrected chi connectivity index (χ4v) is 0. The van der Waals surface area contributed by atoms with Gasteiger partial charge in [0.05, 0.1) is 0 Å². The van der Waals surface area contributed by atoms with Gasteiger partial charge >= 0.3 is 21.1 Å².